The van der Waals surface area contributed by atoms with Gasteiger partial charge in [-0.1, -0.05) is 13.0 Å². The van der Waals surface area contributed by atoms with Crippen molar-refractivity contribution in [3.63, 3.8) is 0 Å². The first-order chi connectivity index (χ1) is 8.20. The fourth-order valence-corrected chi connectivity index (χ4v) is 3.59. The normalized spacial score (nSPS) is 28.1. The van der Waals surface area contributed by atoms with Gasteiger partial charge in [-0.3, -0.25) is 0 Å². The molecule has 1 aromatic carbocycles. The molecule has 0 amide bonds. The van der Waals surface area contributed by atoms with Gasteiger partial charge in [0.1, 0.15) is 5.75 Å². The highest BCUT2D eigenvalue weighted by Gasteiger charge is 2.40. The van der Waals surface area contributed by atoms with Gasteiger partial charge in [0.15, 0.2) is 0 Å². The molecule has 2 unspecified atom stereocenters. The summed E-state index contributed by atoms with van der Waals surface area (Å²) in [5.74, 6) is 1.93. The molecule has 1 heterocycles. The molecule has 0 bridgehead atoms. The Balaban J connectivity index is 2.18. The minimum Gasteiger partial charge on any atom is -0.497 e. The number of ether oxygens (including phenoxy) is 1. The summed E-state index contributed by atoms with van der Waals surface area (Å²) in [5, 5.41) is 13.6. The number of hydrogen-bond donors (Lipinski definition) is 2. The zero-order valence-corrected chi connectivity index (χ0v) is 11.1. The second kappa shape index (κ2) is 5.19. The molecular formula is C13H19NO2S. The van der Waals surface area contributed by atoms with Gasteiger partial charge in [0.05, 0.1) is 19.3 Å². The summed E-state index contributed by atoms with van der Waals surface area (Å²) < 4.78 is 5.21. The van der Waals surface area contributed by atoms with E-state index in [1.165, 1.54) is 0 Å². The van der Waals surface area contributed by atoms with Crippen LogP contribution in [-0.2, 0) is 0 Å². The largest absolute Gasteiger partial charge is 0.497 e. The molecule has 94 valence electrons. The lowest BCUT2D eigenvalue weighted by Gasteiger charge is -2.33. The zero-order valence-electron chi connectivity index (χ0n) is 10.3. The van der Waals surface area contributed by atoms with Crippen molar-refractivity contribution in [1.29, 1.82) is 0 Å². The van der Waals surface area contributed by atoms with E-state index in [0.717, 1.165) is 23.6 Å². The van der Waals surface area contributed by atoms with E-state index in [9.17, 15) is 5.11 Å². The molecule has 1 aliphatic rings. The maximum atomic E-state index is 9.67. The van der Waals surface area contributed by atoms with Crippen molar-refractivity contribution in [2.45, 2.75) is 24.1 Å². The van der Waals surface area contributed by atoms with Crippen LogP contribution in [0.1, 0.15) is 13.3 Å². The summed E-state index contributed by atoms with van der Waals surface area (Å²) >= 11 is 1.90. The standard InChI is InChI=1S/C13H19NO2S/c1-10-13(9-15,6-7-17-10)14-11-4-3-5-12(8-11)16-2/h3-5,8,10,14-15H,6-7,9H2,1-2H3. The molecule has 1 aliphatic heterocycles. The quantitative estimate of drug-likeness (QED) is 0.864. The molecule has 1 fully saturated rings. The molecule has 3 nitrogen and oxygen atoms in total. The Morgan fingerprint density at radius 3 is 3.00 bits per heavy atom. The van der Waals surface area contributed by atoms with Crippen LogP contribution in [0.4, 0.5) is 5.69 Å². The van der Waals surface area contributed by atoms with Crippen LogP contribution < -0.4 is 10.1 Å². The van der Waals surface area contributed by atoms with Gasteiger partial charge in [0.25, 0.3) is 0 Å². The second-order valence-electron chi connectivity index (χ2n) is 4.43. The van der Waals surface area contributed by atoms with Gasteiger partial charge in [0, 0.05) is 17.0 Å². The fraction of sp³-hybridized carbons (Fsp3) is 0.538. The number of methoxy groups -OCH3 is 1. The highest BCUT2D eigenvalue weighted by molar-refractivity contribution is 8.00. The van der Waals surface area contributed by atoms with Gasteiger partial charge in [-0.15, -0.1) is 0 Å². The Bertz CT molecular complexity index is 385. The van der Waals surface area contributed by atoms with E-state index in [4.69, 9.17) is 4.74 Å². The van der Waals surface area contributed by atoms with Gasteiger partial charge >= 0.3 is 0 Å². The number of rotatable bonds is 4. The summed E-state index contributed by atoms with van der Waals surface area (Å²) in [7, 11) is 1.66. The van der Waals surface area contributed by atoms with Crippen molar-refractivity contribution >= 4 is 17.4 Å². The summed E-state index contributed by atoms with van der Waals surface area (Å²) in [6.45, 7) is 2.33. The Hall–Kier alpha value is -0.870. The lowest BCUT2D eigenvalue weighted by atomic mass is 9.93. The Labute approximate surface area is 107 Å². The van der Waals surface area contributed by atoms with Crippen molar-refractivity contribution in [3.8, 4) is 5.75 Å². The summed E-state index contributed by atoms with van der Waals surface area (Å²) in [4.78, 5) is 0. The average molecular weight is 253 g/mol. The van der Waals surface area contributed by atoms with Gasteiger partial charge in [-0.05, 0) is 24.3 Å². The van der Waals surface area contributed by atoms with Crippen LogP contribution in [0.5, 0.6) is 5.75 Å². The Kier molecular flexibility index (Phi) is 3.84. The van der Waals surface area contributed by atoms with Crippen LogP contribution in [0.2, 0.25) is 0 Å². The Morgan fingerprint density at radius 1 is 1.59 bits per heavy atom. The van der Waals surface area contributed by atoms with E-state index in [1.54, 1.807) is 7.11 Å². The monoisotopic (exact) mass is 253 g/mol. The van der Waals surface area contributed by atoms with Crippen LogP contribution in [-0.4, -0.2) is 35.4 Å². The van der Waals surface area contributed by atoms with E-state index >= 15 is 0 Å². The minimum absolute atomic E-state index is 0.165. The predicted molar refractivity (Wildman–Crippen MR) is 73.0 cm³/mol. The number of nitrogens with one attached hydrogen (secondary N) is 1. The van der Waals surface area contributed by atoms with Crippen LogP contribution in [0, 0.1) is 0 Å². The van der Waals surface area contributed by atoms with E-state index in [1.807, 2.05) is 36.0 Å². The van der Waals surface area contributed by atoms with Crippen molar-refractivity contribution in [2.24, 2.45) is 0 Å². The van der Waals surface area contributed by atoms with E-state index in [-0.39, 0.29) is 12.1 Å². The SMILES string of the molecule is COc1cccc(NC2(CO)CCSC2C)c1. The number of anilines is 1. The highest BCUT2D eigenvalue weighted by atomic mass is 32.2. The van der Waals surface area contributed by atoms with Gasteiger partial charge < -0.3 is 15.2 Å². The molecule has 2 rings (SSSR count). The third-order valence-electron chi connectivity index (χ3n) is 3.44. The maximum absolute atomic E-state index is 9.67. The third-order valence-corrected chi connectivity index (χ3v) is 4.83. The number of benzene rings is 1. The van der Waals surface area contributed by atoms with Crippen molar-refractivity contribution in [2.75, 3.05) is 24.8 Å². The fourth-order valence-electron chi connectivity index (χ4n) is 2.18. The van der Waals surface area contributed by atoms with Gasteiger partial charge in [0.2, 0.25) is 0 Å². The number of thioether (sulfide) groups is 1. The van der Waals surface area contributed by atoms with Gasteiger partial charge in [-0.2, -0.15) is 11.8 Å². The second-order valence-corrected chi connectivity index (χ2v) is 5.88. The molecule has 0 spiro atoms. The van der Waals surface area contributed by atoms with E-state index in [0.29, 0.717) is 5.25 Å². The van der Waals surface area contributed by atoms with Crippen LogP contribution >= 0.6 is 11.8 Å². The molecule has 2 atom stereocenters. The molecule has 0 aromatic heterocycles. The number of aliphatic hydroxyl groups excluding tert-OH is 1. The molecule has 4 heteroatoms. The van der Waals surface area contributed by atoms with Crippen LogP contribution in [0.25, 0.3) is 0 Å². The lowest BCUT2D eigenvalue weighted by Crippen LogP contribution is -2.46. The minimum atomic E-state index is -0.197. The molecule has 0 saturated carbocycles. The first kappa shape index (κ1) is 12.6. The van der Waals surface area contributed by atoms with Gasteiger partial charge in [-0.25, -0.2) is 0 Å². The molecule has 1 saturated heterocycles. The molecule has 0 aliphatic carbocycles. The van der Waals surface area contributed by atoms with Crippen LogP contribution in [0.3, 0.4) is 0 Å². The molecular weight excluding hydrogens is 234 g/mol. The average Bonchev–Trinajstić information content (AvgIpc) is 2.71. The number of aliphatic hydroxyl groups is 1. The summed E-state index contributed by atoms with van der Waals surface area (Å²) in [6.07, 6.45) is 0.993. The third kappa shape index (κ3) is 2.53. The smallest absolute Gasteiger partial charge is 0.120 e. The molecule has 1 aromatic rings. The summed E-state index contributed by atoms with van der Waals surface area (Å²) in [6, 6.07) is 7.85. The highest BCUT2D eigenvalue weighted by Crippen LogP contribution is 2.38. The van der Waals surface area contributed by atoms with E-state index < -0.39 is 0 Å². The topological polar surface area (TPSA) is 41.5 Å². The first-order valence-corrected chi connectivity index (χ1v) is 6.90. The van der Waals surface area contributed by atoms with Crippen molar-refractivity contribution < 1.29 is 9.84 Å². The Morgan fingerprint density at radius 2 is 2.41 bits per heavy atom. The number of hydrogen-bond acceptors (Lipinski definition) is 4. The molecule has 2 N–H and O–H groups in total. The lowest BCUT2D eigenvalue weighted by molar-refractivity contribution is 0.212. The van der Waals surface area contributed by atoms with E-state index in [2.05, 4.69) is 12.2 Å². The van der Waals surface area contributed by atoms with Crippen molar-refractivity contribution in [3.05, 3.63) is 24.3 Å². The zero-order chi connectivity index (χ0) is 12.3. The molecule has 17 heavy (non-hydrogen) atoms. The predicted octanol–water partition coefficient (Wildman–Crippen LogP) is 2.36. The first-order valence-electron chi connectivity index (χ1n) is 5.85. The van der Waals surface area contributed by atoms with Crippen molar-refractivity contribution in [1.82, 2.24) is 0 Å². The van der Waals surface area contributed by atoms with Crippen LogP contribution in [0.15, 0.2) is 24.3 Å². The molecule has 0 radical (unpaired) electrons. The summed E-state index contributed by atoms with van der Waals surface area (Å²) in [5.41, 5.74) is 0.810. The maximum Gasteiger partial charge on any atom is 0.120 e.